The van der Waals surface area contributed by atoms with Crippen LogP contribution in [0.2, 0.25) is 0 Å². The number of benzene rings is 8. The molecule has 0 amide bonds. The van der Waals surface area contributed by atoms with Crippen molar-refractivity contribution in [3.63, 3.8) is 0 Å². The molecule has 234 valence electrons. The van der Waals surface area contributed by atoms with Crippen molar-refractivity contribution in [2.24, 2.45) is 0 Å². The zero-order chi connectivity index (χ0) is 32.8. The van der Waals surface area contributed by atoms with Crippen molar-refractivity contribution in [1.82, 2.24) is 0 Å². The maximum absolute atomic E-state index is 9.14. The van der Waals surface area contributed by atoms with E-state index >= 15 is 0 Å². The molecule has 0 heterocycles. The third-order valence-electron chi connectivity index (χ3n) is 9.03. The molecule has 8 rings (SSSR count). The van der Waals surface area contributed by atoms with Gasteiger partial charge in [0, 0.05) is 5.39 Å². The van der Waals surface area contributed by atoms with E-state index in [-0.39, 0.29) is 0 Å². The molecule has 0 spiro atoms. The van der Waals surface area contributed by atoms with Gasteiger partial charge in [-0.2, -0.15) is 0 Å². The van der Waals surface area contributed by atoms with Crippen LogP contribution < -0.4 is 20.6 Å². The van der Waals surface area contributed by atoms with Crippen molar-refractivity contribution in [2.45, 2.75) is 6.16 Å². The summed E-state index contributed by atoms with van der Waals surface area (Å²) in [5.74, 6) is 0.466. The molecule has 48 heavy (non-hydrogen) atoms. The Bertz CT molecular complexity index is 2170. The van der Waals surface area contributed by atoms with Gasteiger partial charge < -0.3 is 14.7 Å². The predicted octanol–water partition coefficient (Wildman–Crippen LogP) is 8.41. The van der Waals surface area contributed by atoms with Crippen LogP contribution in [0.3, 0.4) is 0 Å². The zero-order valence-electron chi connectivity index (χ0n) is 26.5. The SMILES string of the molecule is OB(O)Oc1cccc2ccc3cc4ccccc4cc3c12.c1ccc(C[PH](c2ccccc2)(c2ccccc2)c2ccccc2)cc1. The molecule has 0 aliphatic rings. The van der Waals surface area contributed by atoms with Gasteiger partial charge in [-0.1, -0.05) is 48.5 Å². The van der Waals surface area contributed by atoms with Crippen LogP contribution >= 0.6 is 7.26 Å². The van der Waals surface area contributed by atoms with Crippen LogP contribution in [0.5, 0.6) is 5.75 Å². The minimum absolute atomic E-state index is 0.466. The Kier molecular flexibility index (Phi) is 9.31. The Morgan fingerprint density at radius 3 is 1.44 bits per heavy atom. The fourth-order valence-corrected chi connectivity index (χ4v) is 11.6. The molecule has 8 aromatic rings. The van der Waals surface area contributed by atoms with Crippen molar-refractivity contribution in [3.8, 4) is 5.75 Å². The van der Waals surface area contributed by atoms with Crippen LogP contribution in [0.1, 0.15) is 5.56 Å². The summed E-state index contributed by atoms with van der Waals surface area (Å²) in [5.41, 5.74) is 1.40. The zero-order valence-corrected chi connectivity index (χ0v) is 27.5. The van der Waals surface area contributed by atoms with Gasteiger partial charge >= 0.3 is 164 Å². The standard InChI is InChI=1S/C25H23P.C18H13BO3/c1-5-13-22(14-6-1)21-26(23-15-7-2-8-16-23,24-17-9-3-10-18-24)25-19-11-4-12-20-25;20-19(21)22-17-7-3-6-12-8-9-15-10-13-4-1-2-5-14(13)11-16(15)18(12)17/h1-20,26H,21H2;1-11,20-21H. The molecular weight excluding hydrogens is 606 g/mol. The fourth-order valence-electron chi connectivity index (χ4n) is 6.86. The van der Waals surface area contributed by atoms with E-state index in [0.29, 0.717) is 5.75 Å². The Morgan fingerprint density at radius 1 is 0.438 bits per heavy atom. The normalized spacial score (nSPS) is 11.5. The summed E-state index contributed by atoms with van der Waals surface area (Å²) in [6.07, 6.45) is 1.06. The van der Waals surface area contributed by atoms with Crippen LogP contribution in [0.4, 0.5) is 0 Å². The van der Waals surface area contributed by atoms with E-state index < -0.39 is 14.6 Å². The Labute approximate surface area is 282 Å². The van der Waals surface area contributed by atoms with Crippen LogP contribution in [-0.4, -0.2) is 17.4 Å². The van der Waals surface area contributed by atoms with Gasteiger partial charge in [-0.25, -0.2) is 0 Å². The molecule has 0 fully saturated rings. The van der Waals surface area contributed by atoms with E-state index in [1.807, 2.05) is 30.3 Å². The first kappa shape index (κ1) is 31.4. The van der Waals surface area contributed by atoms with E-state index in [4.69, 9.17) is 14.7 Å². The molecule has 0 radical (unpaired) electrons. The second kappa shape index (κ2) is 14.3. The molecule has 0 unspecified atom stereocenters. The first-order valence-corrected chi connectivity index (χ1v) is 18.4. The quantitative estimate of drug-likeness (QED) is 0.0795. The van der Waals surface area contributed by atoms with Gasteiger partial charge in [-0.15, -0.1) is 0 Å². The molecule has 8 aromatic carbocycles. The number of rotatable bonds is 7. The van der Waals surface area contributed by atoms with Crippen molar-refractivity contribution in [3.05, 3.63) is 194 Å². The first-order chi connectivity index (χ1) is 23.6. The molecule has 5 heteroatoms. The summed E-state index contributed by atoms with van der Waals surface area (Å²) in [6.45, 7) is 0. The molecular formula is C43H36BO3P. The van der Waals surface area contributed by atoms with Gasteiger partial charge in [0.2, 0.25) is 0 Å². The number of hydrogen-bond donors (Lipinski definition) is 2. The average Bonchev–Trinajstić information content (AvgIpc) is 3.14. The summed E-state index contributed by atoms with van der Waals surface area (Å²) in [4.78, 5) is 0. The van der Waals surface area contributed by atoms with Crippen LogP contribution in [-0.2, 0) is 6.16 Å². The van der Waals surface area contributed by atoms with E-state index in [1.54, 1.807) is 6.07 Å². The van der Waals surface area contributed by atoms with Crippen molar-refractivity contribution < 1.29 is 14.7 Å². The van der Waals surface area contributed by atoms with Crippen LogP contribution in [0.15, 0.2) is 188 Å². The topological polar surface area (TPSA) is 49.7 Å². The monoisotopic (exact) mass is 642 g/mol. The van der Waals surface area contributed by atoms with Crippen molar-refractivity contribution in [1.29, 1.82) is 0 Å². The second-order valence-corrected chi connectivity index (χ2v) is 15.8. The second-order valence-electron chi connectivity index (χ2n) is 12.0. The molecule has 3 nitrogen and oxygen atoms in total. The predicted molar refractivity (Wildman–Crippen MR) is 206 cm³/mol. The number of hydrogen-bond acceptors (Lipinski definition) is 3. The van der Waals surface area contributed by atoms with Gasteiger partial charge in [0.25, 0.3) is 0 Å². The summed E-state index contributed by atoms with van der Waals surface area (Å²) in [6, 6.07) is 66.3. The molecule has 0 bridgehead atoms. The van der Waals surface area contributed by atoms with E-state index in [9.17, 15) is 0 Å². The first-order valence-electron chi connectivity index (χ1n) is 16.2. The number of fused-ring (bicyclic) bond motifs is 4. The third kappa shape index (κ3) is 6.47. The summed E-state index contributed by atoms with van der Waals surface area (Å²) < 4.78 is 5.16. The molecule has 0 saturated carbocycles. The van der Waals surface area contributed by atoms with Crippen LogP contribution in [0, 0.1) is 0 Å². The Morgan fingerprint density at radius 2 is 0.896 bits per heavy atom. The third-order valence-corrected chi connectivity index (χ3v) is 13.9. The summed E-state index contributed by atoms with van der Waals surface area (Å²) >= 11 is 0. The van der Waals surface area contributed by atoms with Crippen molar-refractivity contribution >= 4 is 62.8 Å². The summed E-state index contributed by atoms with van der Waals surface area (Å²) in [7, 11) is -4.00. The van der Waals surface area contributed by atoms with Crippen LogP contribution in [0.25, 0.3) is 32.3 Å². The Hall–Kier alpha value is -5.25. The van der Waals surface area contributed by atoms with Gasteiger partial charge in [-0.3, -0.25) is 0 Å². The van der Waals surface area contributed by atoms with Gasteiger partial charge in [-0.05, 0) is 45.1 Å². The van der Waals surface area contributed by atoms with Crippen molar-refractivity contribution in [2.75, 3.05) is 0 Å². The minimum atomic E-state index is -2.16. The van der Waals surface area contributed by atoms with Gasteiger partial charge in [0.1, 0.15) is 5.75 Å². The van der Waals surface area contributed by atoms with Gasteiger partial charge in [0.15, 0.2) is 0 Å². The van der Waals surface area contributed by atoms with E-state index in [0.717, 1.165) is 33.1 Å². The van der Waals surface area contributed by atoms with E-state index in [2.05, 4.69) is 152 Å². The Balaban J connectivity index is 0.000000154. The summed E-state index contributed by atoms with van der Waals surface area (Å²) in [5, 5.41) is 29.0. The fraction of sp³-hybridized carbons (Fsp3) is 0.0233. The van der Waals surface area contributed by atoms with E-state index in [1.165, 1.54) is 26.9 Å². The maximum atomic E-state index is 9.14. The average molecular weight is 643 g/mol. The molecule has 0 aliphatic heterocycles. The molecule has 0 atom stereocenters. The molecule has 0 aliphatic carbocycles. The molecule has 0 saturated heterocycles. The molecule has 0 aromatic heterocycles. The molecule has 2 N–H and O–H groups in total. The van der Waals surface area contributed by atoms with Gasteiger partial charge in [0.05, 0.1) is 0 Å².